The summed E-state index contributed by atoms with van der Waals surface area (Å²) in [7, 11) is 0. The molecule has 0 saturated heterocycles. The molecule has 9 rings (SSSR count). The van der Waals surface area contributed by atoms with Crippen LogP contribution in [0.2, 0.25) is 0 Å². The molecular formula is C46H30N2O. The van der Waals surface area contributed by atoms with Gasteiger partial charge in [0, 0.05) is 27.5 Å². The second kappa shape index (κ2) is 12.2. The Hall–Kier alpha value is -6.58. The fourth-order valence-electron chi connectivity index (χ4n) is 6.73. The van der Waals surface area contributed by atoms with Crippen LogP contribution in [-0.4, -0.2) is 9.97 Å². The summed E-state index contributed by atoms with van der Waals surface area (Å²) in [5.74, 6) is 0.702. The first kappa shape index (κ1) is 28.6. The Bertz CT molecular complexity index is 2510. The molecule has 0 spiro atoms. The van der Waals surface area contributed by atoms with Gasteiger partial charge in [-0.2, -0.15) is 0 Å². The smallest absolute Gasteiger partial charge is 0.160 e. The van der Waals surface area contributed by atoms with Crippen LogP contribution in [-0.2, 0) is 0 Å². The molecule has 2 aromatic heterocycles. The molecule has 0 N–H and O–H groups in total. The number of fused-ring (bicyclic) bond motifs is 3. The largest absolute Gasteiger partial charge is 0.456 e. The molecule has 230 valence electrons. The van der Waals surface area contributed by atoms with E-state index in [2.05, 4.69) is 146 Å². The monoisotopic (exact) mass is 626 g/mol. The maximum absolute atomic E-state index is 6.08. The fourth-order valence-corrected chi connectivity index (χ4v) is 6.73. The molecule has 0 saturated carbocycles. The van der Waals surface area contributed by atoms with Crippen LogP contribution in [0.15, 0.2) is 186 Å². The van der Waals surface area contributed by atoms with Gasteiger partial charge in [0.2, 0.25) is 0 Å². The Morgan fingerprint density at radius 2 is 0.898 bits per heavy atom. The Morgan fingerprint density at radius 1 is 0.327 bits per heavy atom. The minimum Gasteiger partial charge on any atom is -0.456 e. The van der Waals surface area contributed by atoms with Crippen molar-refractivity contribution in [2.45, 2.75) is 0 Å². The van der Waals surface area contributed by atoms with Crippen molar-refractivity contribution < 1.29 is 4.42 Å². The molecule has 0 radical (unpaired) electrons. The number of furan rings is 1. The van der Waals surface area contributed by atoms with E-state index in [9.17, 15) is 0 Å². The topological polar surface area (TPSA) is 38.9 Å². The predicted molar refractivity (Wildman–Crippen MR) is 202 cm³/mol. The lowest BCUT2D eigenvalue weighted by Gasteiger charge is -2.17. The first-order valence-corrected chi connectivity index (χ1v) is 16.5. The van der Waals surface area contributed by atoms with Crippen LogP contribution < -0.4 is 0 Å². The highest BCUT2D eigenvalue weighted by molar-refractivity contribution is 6.06. The lowest BCUT2D eigenvalue weighted by atomic mass is 9.88. The molecule has 7 aromatic carbocycles. The number of hydrogen-bond donors (Lipinski definition) is 0. The molecule has 3 heteroatoms. The minimum atomic E-state index is 0.702. The molecule has 0 atom stereocenters. The van der Waals surface area contributed by atoms with E-state index in [0.29, 0.717) is 5.82 Å². The summed E-state index contributed by atoms with van der Waals surface area (Å²) < 4.78 is 6.08. The summed E-state index contributed by atoms with van der Waals surface area (Å²) in [5.41, 5.74) is 13.6. The van der Waals surface area contributed by atoms with Crippen LogP contribution in [0.1, 0.15) is 0 Å². The third-order valence-corrected chi connectivity index (χ3v) is 9.14. The molecular weight excluding hydrogens is 597 g/mol. The highest BCUT2D eigenvalue weighted by Gasteiger charge is 2.18. The van der Waals surface area contributed by atoms with Gasteiger partial charge in [0.05, 0.1) is 11.4 Å². The summed E-state index contributed by atoms with van der Waals surface area (Å²) >= 11 is 0. The summed E-state index contributed by atoms with van der Waals surface area (Å²) in [5, 5.41) is 2.27. The molecule has 0 fully saturated rings. The van der Waals surface area contributed by atoms with Crippen molar-refractivity contribution in [2.24, 2.45) is 0 Å². The standard InChI is InChI=1S/C46H30N2O/c1-4-13-33(14-5-1)41-30-42(48-46(47-41)35-17-8-3-9-18-35)39-21-12-20-37(45(39)34-15-6-2-7-16-34)32-25-23-31(24-26-32)36-27-28-44-40(29-36)38-19-10-11-22-43(38)49-44/h1-30H. The number of hydrogen-bond acceptors (Lipinski definition) is 3. The molecule has 0 unspecified atom stereocenters. The number of aromatic nitrogens is 2. The number of rotatable bonds is 6. The average molecular weight is 627 g/mol. The highest BCUT2D eigenvalue weighted by atomic mass is 16.3. The van der Waals surface area contributed by atoms with E-state index in [4.69, 9.17) is 14.4 Å². The van der Waals surface area contributed by atoms with Crippen molar-refractivity contribution in [3.8, 4) is 67.3 Å². The van der Waals surface area contributed by atoms with Crippen LogP contribution in [0.5, 0.6) is 0 Å². The Labute approximate surface area is 284 Å². The Kier molecular flexibility index (Phi) is 7.14. The Morgan fingerprint density at radius 3 is 1.65 bits per heavy atom. The lowest BCUT2D eigenvalue weighted by Crippen LogP contribution is -1.98. The lowest BCUT2D eigenvalue weighted by molar-refractivity contribution is 0.669. The normalized spacial score (nSPS) is 11.3. The molecule has 0 amide bonds. The van der Waals surface area contributed by atoms with Gasteiger partial charge in [-0.3, -0.25) is 0 Å². The SMILES string of the molecule is c1ccc(-c2cc(-c3cccc(-c4ccc(-c5ccc6oc7ccccc7c6c5)cc4)c3-c3ccccc3)nc(-c3ccccc3)n2)cc1. The number of nitrogens with zero attached hydrogens (tertiary/aromatic N) is 2. The quantitative estimate of drug-likeness (QED) is 0.184. The van der Waals surface area contributed by atoms with Gasteiger partial charge in [-0.15, -0.1) is 0 Å². The van der Waals surface area contributed by atoms with Crippen molar-refractivity contribution in [3.05, 3.63) is 182 Å². The third-order valence-electron chi connectivity index (χ3n) is 9.14. The Balaban J connectivity index is 1.19. The van der Waals surface area contributed by atoms with Crippen molar-refractivity contribution in [1.29, 1.82) is 0 Å². The maximum atomic E-state index is 6.08. The van der Waals surface area contributed by atoms with Gasteiger partial charge in [0.25, 0.3) is 0 Å². The minimum absolute atomic E-state index is 0.702. The molecule has 0 bridgehead atoms. The fraction of sp³-hybridized carbons (Fsp3) is 0. The second-order valence-electron chi connectivity index (χ2n) is 12.2. The van der Waals surface area contributed by atoms with Gasteiger partial charge in [0.1, 0.15) is 11.2 Å². The van der Waals surface area contributed by atoms with Gasteiger partial charge in [-0.1, -0.05) is 158 Å². The van der Waals surface area contributed by atoms with E-state index in [1.807, 2.05) is 36.4 Å². The van der Waals surface area contributed by atoms with Gasteiger partial charge in [0.15, 0.2) is 5.82 Å². The molecule has 0 aliphatic carbocycles. The van der Waals surface area contributed by atoms with Gasteiger partial charge < -0.3 is 4.42 Å². The molecule has 3 nitrogen and oxygen atoms in total. The zero-order chi connectivity index (χ0) is 32.6. The van der Waals surface area contributed by atoms with E-state index in [1.165, 1.54) is 0 Å². The average Bonchev–Trinajstić information content (AvgIpc) is 3.56. The van der Waals surface area contributed by atoms with Gasteiger partial charge in [-0.05, 0) is 57.6 Å². The summed E-state index contributed by atoms with van der Waals surface area (Å²) in [6, 6.07) is 63.3. The molecule has 9 aromatic rings. The summed E-state index contributed by atoms with van der Waals surface area (Å²) in [4.78, 5) is 10.2. The van der Waals surface area contributed by atoms with Crippen LogP contribution in [0.25, 0.3) is 89.2 Å². The van der Waals surface area contributed by atoms with Crippen molar-refractivity contribution in [1.82, 2.24) is 9.97 Å². The van der Waals surface area contributed by atoms with Crippen LogP contribution in [0, 0.1) is 0 Å². The van der Waals surface area contributed by atoms with E-state index < -0.39 is 0 Å². The zero-order valence-corrected chi connectivity index (χ0v) is 26.6. The number of benzene rings is 7. The van der Waals surface area contributed by atoms with Crippen molar-refractivity contribution in [2.75, 3.05) is 0 Å². The van der Waals surface area contributed by atoms with Crippen LogP contribution in [0.3, 0.4) is 0 Å². The second-order valence-corrected chi connectivity index (χ2v) is 12.2. The van der Waals surface area contributed by atoms with Crippen molar-refractivity contribution >= 4 is 21.9 Å². The molecule has 2 heterocycles. The molecule has 0 aliphatic rings. The predicted octanol–water partition coefficient (Wildman–Crippen LogP) is 12.4. The first-order chi connectivity index (χ1) is 24.3. The molecule has 0 aliphatic heterocycles. The van der Waals surface area contributed by atoms with E-state index in [-0.39, 0.29) is 0 Å². The first-order valence-electron chi connectivity index (χ1n) is 16.5. The van der Waals surface area contributed by atoms with Crippen LogP contribution in [0.4, 0.5) is 0 Å². The van der Waals surface area contributed by atoms with E-state index >= 15 is 0 Å². The van der Waals surface area contributed by atoms with E-state index in [0.717, 1.165) is 83.4 Å². The van der Waals surface area contributed by atoms with E-state index in [1.54, 1.807) is 0 Å². The highest BCUT2D eigenvalue weighted by Crippen LogP contribution is 2.41. The summed E-state index contributed by atoms with van der Waals surface area (Å²) in [6.45, 7) is 0. The molecule has 49 heavy (non-hydrogen) atoms. The van der Waals surface area contributed by atoms with Gasteiger partial charge >= 0.3 is 0 Å². The third kappa shape index (κ3) is 5.38. The van der Waals surface area contributed by atoms with Gasteiger partial charge in [-0.25, -0.2) is 9.97 Å². The maximum Gasteiger partial charge on any atom is 0.160 e. The zero-order valence-electron chi connectivity index (χ0n) is 26.6. The van der Waals surface area contributed by atoms with Crippen LogP contribution >= 0.6 is 0 Å². The number of para-hydroxylation sites is 1. The van der Waals surface area contributed by atoms with Crippen molar-refractivity contribution in [3.63, 3.8) is 0 Å². The summed E-state index contributed by atoms with van der Waals surface area (Å²) in [6.07, 6.45) is 0.